The molecule has 94 valence electrons. The van der Waals surface area contributed by atoms with Crippen LogP contribution in [0.1, 0.15) is 50.3 Å². The Balaban J connectivity index is 2.15. The van der Waals surface area contributed by atoms with Crippen molar-refractivity contribution in [2.75, 3.05) is 0 Å². The van der Waals surface area contributed by atoms with Crippen molar-refractivity contribution < 1.29 is 9.90 Å². The highest BCUT2D eigenvalue weighted by molar-refractivity contribution is 5.66. The van der Waals surface area contributed by atoms with E-state index in [0.717, 1.165) is 31.5 Å². The summed E-state index contributed by atoms with van der Waals surface area (Å²) in [4.78, 5) is 22.1. The Morgan fingerprint density at radius 3 is 2.76 bits per heavy atom. The summed E-state index contributed by atoms with van der Waals surface area (Å²) in [6, 6.07) is 0. The highest BCUT2D eigenvalue weighted by atomic mass is 16.4. The molecule has 0 saturated heterocycles. The number of carboxylic acid groups (broad SMARTS) is 1. The normalized spacial score (nSPS) is 17.2. The number of nitrogens with one attached hydrogen (secondary N) is 1. The van der Waals surface area contributed by atoms with Crippen molar-refractivity contribution >= 4 is 5.97 Å². The van der Waals surface area contributed by atoms with Crippen LogP contribution in [0.25, 0.3) is 0 Å². The lowest BCUT2D eigenvalue weighted by Crippen LogP contribution is -2.22. The molecular weight excluding hydrogens is 222 g/mol. The van der Waals surface area contributed by atoms with Gasteiger partial charge in [-0.05, 0) is 12.8 Å². The first-order chi connectivity index (χ1) is 8.18. The average Bonchev–Trinajstić information content (AvgIpc) is 2.69. The minimum atomic E-state index is -0.896. The van der Waals surface area contributed by atoms with Gasteiger partial charge < -0.3 is 5.11 Å². The van der Waals surface area contributed by atoms with Gasteiger partial charge in [0.2, 0.25) is 0 Å². The van der Waals surface area contributed by atoms with Crippen LogP contribution in [-0.2, 0) is 11.3 Å². The number of nitrogens with zero attached hydrogens (tertiary/aromatic N) is 2. The summed E-state index contributed by atoms with van der Waals surface area (Å²) in [6.45, 7) is 0.205. The van der Waals surface area contributed by atoms with E-state index in [0.29, 0.717) is 5.92 Å². The van der Waals surface area contributed by atoms with Crippen LogP contribution in [0.4, 0.5) is 0 Å². The minimum Gasteiger partial charge on any atom is -0.481 e. The predicted molar refractivity (Wildman–Crippen MR) is 60.9 cm³/mol. The summed E-state index contributed by atoms with van der Waals surface area (Å²) in [5, 5.41) is 15.1. The fourth-order valence-electron chi connectivity index (χ4n) is 2.43. The van der Waals surface area contributed by atoms with E-state index in [2.05, 4.69) is 10.2 Å². The topological polar surface area (TPSA) is 88.0 Å². The molecule has 1 aromatic rings. The van der Waals surface area contributed by atoms with Gasteiger partial charge >= 0.3 is 11.7 Å². The summed E-state index contributed by atoms with van der Waals surface area (Å²) < 4.78 is 1.48. The number of carboxylic acids is 1. The smallest absolute Gasteiger partial charge is 0.343 e. The molecule has 0 amide bonds. The van der Waals surface area contributed by atoms with Gasteiger partial charge in [0.25, 0.3) is 0 Å². The molecule has 0 spiro atoms. The van der Waals surface area contributed by atoms with Crippen molar-refractivity contribution in [2.24, 2.45) is 0 Å². The summed E-state index contributed by atoms with van der Waals surface area (Å²) >= 11 is 0. The summed E-state index contributed by atoms with van der Waals surface area (Å²) in [7, 11) is 0. The molecule has 2 rings (SSSR count). The van der Waals surface area contributed by atoms with Gasteiger partial charge in [-0.2, -0.15) is 5.10 Å². The first kappa shape index (κ1) is 11.9. The molecule has 1 aliphatic rings. The van der Waals surface area contributed by atoms with Crippen LogP contribution in [0.15, 0.2) is 4.79 Å². The van der Waals surface area contributed by atoms with Crippen LogP contribution in [0, 0.1) is 0 Å². The number of aromatic nitrogens is 3. The second-order valence-electron chi connectivity index (χ2n) is 4.52. The second-order valence-corrected chi connectivity index (χ2v) is 4.52. The van der Waals surface area contributed by atoms with E-state index < -0.39 is 5.97 Å². The van der Waals surface area contributed by atoms with Gasteiger partial charge in [0, 0.05) is 12.5 Å². The van der Waals surface area contributed by atoms with Crippen molar-refractivity contribution in [3.05, 3.63) is 16.3 Å². The lowest BCUT2D eigenvalue weighted by Gasteiger charge is -2.20. The van der Waals surface area contributed by atoms with Crippen LogP contribution in [0.2, 0.25) is 0 Å². The Morgan fingerprint density at radius 2 is 2.12 bits per heavy atom. The van der Waals surface area contributed by atoms with Crippen molar-refractivity contribution in [2.45, 2.75) is 51.0 Å². The first-order valence-corrected chi connectivity index (χ1v) is 6.05. The fourth-order valence-corrected chi connectivity index (χ4v) is 2.43. The molecule has 1 aromatic heterocycles. The number of hydrogen-bond donors (Lipinski definition) is 2. The van der Waals surface area contributed by atoms with Crippen molar-refractivity contribution in [1.82, 2.24) is 14.8 Å². The molecule has 1 saturated carbocycles. The Bertz CT molecular complexity index is 443. The molecule has 1 aliphatic carbocycles. The maximum absolute atomic E-state index is 11.5. The SMILES string of the molecule is O=C(O)CCn1c(C2CCCCC2)n[nH]c1=O. The second kappa shape index (κ2) is 5.16. The van der Waals surface area contributed by atoms with Crippen LogP contribution in [-0.4, -0.2) is 25.8 Å². The average molecular weight is 239 g/mol. The van der Waals surface area contributed by atoms with Gasteiger partial charge in [0.1, 0.15) is 5.82 Å². The molecule has 1 heterocycles. The molecule has 6 heteroatoms. The Kier molecular flexibility index (Phi) is 3.61. The highest BCUT2D eigenvalue weighted by Crippen LogP contribution is 2.30. The van der Waals surface area contributed by atoms with E-state index in [1.165, 1.54) is 11.0 Å². The first-order valence-electron chi connectivity index (χ1n) is 6.05. The van der Waals surface area contributed by atoms with E-state index in [4.69, 9.17) is 5.11 Å². The molecule has 0 unspecified atom stereocenters. The highest BCUT2D eigenvalue weighted by Gasteiger charge is 2.22. The summed E-state index contributed by atoms with van der Waals surface area (Å²) in [6.07, 6.45) is 5.59. The molecule has 2 N–H and O–H groups in total. The third kappa shape index (κ3) is 2.75. The summed E-state index contributed by atoms with van der Waals surface area (Å²) in [5.41, 5.74) is -0.299. The van der Waals surface area contributed by atoms with Crippen LogP contribution in [0.3, 0.4) is 0 Å². The molecule has 0 atom stereocenters. The quantitative estimate of drug-likeness (QED) is 0.823. The zero-order valence-electron chi connectivity index (χ0n) is 9.69. The molecule has 17 heavy (non-hydrogen) atoms. The number of aliphatic carboxylic acids is 1. The standard InChI is InChI=1S/C11H17N3O3/c15-9(16)6-7-14-10(12-13-11(14)17)8-4-2-1-3-5-8/h8H,1-7H2,(H,13,17)(H,15,16). The molecule has 0 bridgehead atoms. The lowest BCUT2D eigenvalue weighted by atomic mass is 9.88. The van der Waals surface area contributed by atoms with Crippen molar-refractivity contribution in [1.29, 1.82) is 0 Å². The fraction of sp³-hybridized carbons (Fsp3) is 0.727. The molecule has 6 nitrogen and oxygen atoms in total. The Hall–Kier alpha value is -1.59. The van der Waals surface area contributed by atoms with E-state index >= 15 is 0 Å². The van der Waals surface area contributed by atoms with Crippen LogP contribution in [0.5, 0.6) is 0 Å². The monoisotopic (exact) mass is 239 g/mol. The van der Waals surface area contributed by atoms with Gasteiger partial charge in [-0.25, -0.2) is 9.89 Å². The minimum absolute atomic E-state index is 0.0425. The lowest BCUT2D eigenvalue weighted by molar-refractivity contribution is -0.137. The maximum Gasteiger partial charge on any atom is 0.343 e. The van der Waals surface area contributed by atoms with Crippen molar-refractivity contribution in [3.63, 3.8) is 0 Å². The van der Waals surface area contributed by atoms with Gasteiger partial charge in [0.05, 0.1) is 6.42 Å². The van der Waals surface area contributed by atoms with Crippen LogP contribution >= 0.6 is 0 Å². The number of hydrogen-bond acceptors (Lipinski definition) is 3. The Labute approximate surface area is 98.7 Å². The Morgan fingerprint density at radius 1 is 1.41 bits per heavy atom. The number of aromatic amines is 1. The van der Waals surface area contributed by atoms with E-state index in [1.807, 2.05) is 0 Å². The number of carbonyl (C=O) groups is 1. The third-order valence-electron chi connectivity index (χ3n) is 3.31. The largest absolute Gasteiger partial charge is 0.481 e. The molecular formula is C11H17N3O3. The van der Waals surface area contributed by atoms with Crippen LogP contribution < -0.4 is 5.69 Å². The van der Waals surface area contributed by atoms with Gasteiger partial charge in [-0.3, -0.25) is 9.36 Å². The maximum atomic E-state index is 11.5. The third-order valence-corrected chi connectivity index (χ3v) is 3.31. The molecule has 0 radical (unpaired) electrons. The van der Waals surface area contributed by atoms with E-state index in [9.17, 15) is 9.59 Å². The van der Waals surface area contributed by atoms with E-state index in [1.54, 1.807) is 0 Å². The molecule has 0 aromatic carbocycles. The van der Waals surface area contributed by atoms with Crippen molar-refractivity contribution in [3.8, 4) is 0 Å². The summed E-state index contributed by atoms with van der Waals surface area (Å²) in [5.74, 6) is 0.139. The number of H-pyrrole nitrogens is 1. The van der Waals surface area contributed by atoms with E-state index in [-0.39, 0.29) is 18.7 Å². The van der Waals surface area contributed by atoms with Gasteiger partial charge in [0.15, 0.2) is 0 Å². The van der Waals surface area contributed by atoms with Gasteiger partial charge in [-0.1, -0.05) is 19.3 Å². The number of rotatable bonds is 4. The van der Waals surface area contributed by atoms with Gasteiger partial charge in [-0.15, -0.1) is 0 Å². The molecule has 1 fully saturated rings. The predicted octanol–water partition coefficient (Wildman–Crippen LogP) is 1.09. The molecule has 0 aliphatic heterocycles. The zero-order chi connectivity index (χ0) is 12.3. The zero-order valence-corrected chi connectivity index (χ0v) is 9.69.